The summed E-state index contributed by atoms with van der Waals surface area (Å²) in [5.74, 6) is 1.30. The fourth-order valence-corrected chi connectivity index (χ4v) is 5.47. The number of fused-ring (bicyclic) bond motifs is 1. The molecule has 0 spiro atoms. The number of aromatic nitrogens is 4. The van der Waals surface area contributed by atoms with Crippen LogP contribution in [-0.4, -0.2) is 31.4 Å². The molecule has 2 aromatic heterocycles. The number of halogens is 1. The maximum atomic E-state index is 12.5. The molecule has 7 nitrogen and oxygen atoms in total. The lowest BCUT2D eigenvalue weighted by Crippen LogP contribution is -2.14. The van der Waals surface area contributed by atoms with Crippen LogP contribution in [0.4, 0.5) is 5.69 Å². The van der Waals surface area contributed by atoms with E-state index in [2.05, 4.69) is 34.6 Å². The van der Waals surface area contributed by atoms with E-state index in [-0.39, 0.29) is 18.3 Å². The van der Waals surface area contributed by atoms with Gasteiger partial charge < -0.3 is 14.6 Å². The van der Waals surface area contributed by atoms with E-state index in [9.17, 15) is 4.79 Å². The van der Waals surface area contributed by atoms with Crippen molar-refractivity contribution >= 4 is 56.5 Å². The molecule has 10 heteroatoms. The average Bonchev–Trinajstić information content (AvgIpc) is 3.45. The molecule has 5 rings (SSSR count). The highest BCUT2D eigenvalue weighted by Gasteiger charge is 2.13. The third-order valence-corrected chi connectivity index (χ3v) is 7.81. The molecular weight excluding hydrogens is 514 g/mol. The number of amides is 1. The summed E-state index contributed by atoms with van der Waals surface area (Å²) in [4.78, 5) is 17.2. The average molecular weight is 536 g/mol. The molecule has 3 aromatic carbocycles. The van der Waals surface area contributed by atoms with E-state index in [1.807, 2.05) is 54.1 Å². The van der Waals surface area contributed by atoms with Crippen LogP contribution in [0, 0.1) is 6.92 Å². The van der Waals surface area contributed by atoms with Gasteiger partial charge in [-0.3, -0.25) is 4.79 Å². The minimum atomic E-state index is -0.125. The Kier molecular flexibility index (Phi) is 7.22. The second kappa shape index (κ2) is 10.7. The van der Waals surface area contributed by atoms with E-state index in [0.717, 1.165) is 21.8 Å². The van der Waals surface area contributed by atoms with E-state index < -0.39 is 0 Å². The highest BCUT2D eigenvalue weighted by molar-refractivity contribution is 7.99. The first-order chi connectivity index (χ1) is 17.5. The molecule has 2 heterocycles. The lowest BCUT2D eigenvalue weighted by molar-refractivity contribution is -0.113. The standard InChI is InChI=1S/C26H22ClN5O2S2/c1-16-7-12-20-22(13-16)36-25(29-20)17-8-10-18(11-9-17)28-24(33)15-35-26-31-30-23(32(26)2)14-34-21-6-4-3-5-19(21)27/h3-13H,14-15H2,1-2H3,(H,28,33). The SMILES string of the molecule is Cc1ccc2nc(-c3ccc(NC(=O)CSc4nnc(COc5ccccc5Cl)n4C)cc3)sc2c1. The number of carbonyl (C=O) groups excluding carboxylic acids is 1. The zero-order chi connectivity index (χ0) is 25.1. The Balaban J connectivity index is 1.15. The van der Waals surface area contributed by atoms with E-state index in [1.165, 1.54) is 22.0 Å². The number of thiazole rings is 1. The van der Waals surface area contributed by atoms with Crippen molar-refractivity contribution < 1.29 is 9.53 Å². The summed E-state index contributed by atoms with van der Waals surface area (Å²) < 4.78 is 8.71. The van der Waals surface area contributed by atoms with Crippen molar-refractivity contribution in [2.24, 2.45) is 7.05 Å². The Hall–Kier alpha value is -3.40. The van der Waals surface area contributed by atoms with Gasteiger partial charge >= 0.3 is 0 Å². The molecule has 0 aliphatic rings. The predicted octanol–water partition coefficient (Wildman–Crippen LogP) is 6.36. The van der Waals surface area contributed by atoms with Gasteiger partial charge in [0.1, 0.15) is 17.4 Å². The first kappa shape index (κ1) is 24.3. The zero-order valence-electron chi connectivity index (χ0n) is 19.6. The zero-order valence-corrected chi connectivity index (χ0v) is 22.0. The Morgan fingerprint density at radius 3 is 2.72 bits per heavy atom. The van der Waals surface area contributed by atoms with E-state index in [0.29, 0.717) is 21.8 Å². The maximum absolute atomic E-state index is 12.5. The first-order valence-corrected chi connectivity index (χ1v) is 13.3. The van der Waals surface area contributed by atoms with Crippen LogP contribution in [0.2, 0.25) is 5.02 Å². The van der Waals surface area contributed by atoms with Crippen molar-refractivity contribution in [1.82, 2.24) is 19.7 Å². The number of thioether (sulfide) groups is 1. The molecule has 0 unspecified atom stereocenters. The molecule has 1 amide bonds. The number of hydrogen-bond acceptors (Lipinski definition) is 7. The smallest absolute Gasteiger partial charge is 0.234 e. The monoisotopic (exact) mass is 535 g/mol. The Labute approximate surface area is 221 Å². The van der Waals surface area contributed by atoms with Crippen molar-refractivity contribution in [3.05, 3.63) is 83.1 Å². The Morgan fingerprint density at radius 2 is 1.92 bits per heavy atom. The minimum Gasteiger partial charge on any atom is -0.484 e. The van der Waals surface area contributed by atoms with Crippen molar-refractivity contribution in [3.8, 4) is 16.3 Å². The van der Waals surface area contributed by atoms with Crippen molar-refractivity contribution in [2.45, 2.75) is 18.7 Å². The fraction of sp³-hybridized carbons (Fsp3) is 0.154. The van der Waals surface area contributed by atoms with Crippen molar-refractivity contribution in [2.75, 3.05) is 11.1 Å². The minimum absolute atomic E-state index is 0.125. The summed E-state index contributed by atoms with van der Waals surface area (Å²) in [6.45, 7) is 2.30. The van der Waals surface area contributed by atoms with Gasteiger partial charge in [-0.25, -0.2) is 4.98 Å². The number of carbonyl (C=O) groups is 1. The summed E-state index contributed by atoms with van der Waals surface area (Å²) in [7, 11) is 1.84. The predicted molar refractivity (Wildman–Crippen MR) is 146 cm³/mol. The first-order valence-electron chi connectivity index (χ1n) is 11.1. The number of ether oxygens (including phenoxy) is 1. The molecule has 0 saturated carbocycles. The second-order valence-electron chi connectivity index (χ2n) is 8.08. The van der Waals surface area contributed by atoms with Gasteiger partial charge in [0.2, 0.25) is 5.91 Å². The number of aryl methyl sites for hydroxylation is 1. The van der Waals surface area contributed by atoms with Crippen LogP contribution in [0.3, 0.4) is 0 Å². The van der Waals surface area contributed by atoms with Crippen LogP contribution < -0.4 is 10.1 Å². The molecule has 0 fully saturated rings. The fourth-order valence-electron chi connectivity index (χ4n) is 3.48. The molecule has 36 heavy (non-hydrogen) atoms. The van der Waals surface area contributed by atoms with Crippen LogP contribution in [-0.2, 0) is 18.4 Å². The second-order valence-corrected chi connectivity index (χ2v) is 10.5. The van der Waals surface area contributed by atoms with E-state index in [1.54, 1.807) is 23.5 Å². The number of hydrogen-bond donors (Lipinski definition) is 1. The van der Waals surface area contributed by atoms with Gasteiger partial charge in [-0.1, -0.05) is 41.6 Å². The van der Waals surface area contributed by atoms with Crippen LogP contribution in [0.15, 0.2) is 71.9 Å². The number of anilines is 1. The van der Waals surface area contributed by atoms with Gasteiger partial charge in [-0.05, 0) is 61.0 Å². The van der Waals surface area contributed by atoms with E-state index >= 15 is 0 Å². The Bertz CT molecular complexity index is 1530. The largest absolute Gasteiger partial charge is 0.484 e. The van der Waals surface area contributed by atoms with Gasteiger partial charge in [0.15, 0.2) is 11.0 Å². The van der Waals surface area contributed by atoms with Gasteiger partial charge in [0, 0.05) is 18.3 Å². The summed E-state index contributed by atoms with van der Waals surface area (Å²) >= 11 is 9.10. The molecule has 0 aliphatic carbocycles. The number of para-hydroxylation sites is 1. The Morgan fingerprint density at radius 1 is 1.11 bits per heavy atom. The van der Waals surface area contributed by atoms with Gasteiger partial charge in [0.25, 0.3) is 0 Å². The lowest BCUT2D eigenvalue weighted by atomic mass is 10.2. The number of benzene rings is 3. The number of nitrogens with zero attached hydrogens (tertiary/aromatic N) is 4. The van der Waals surface area contributed by atoms with Crippen molar-refractivity contribution in [3.63, 3.8) is 0 Å². The molecule has 0 bridgehead atoms. The highest BCUT2D eigenvalue weighted by atomic mass is 35.5. The summed E-state index contributed by atoms with van der Waals surface area (Å²) in [6.07, 6.45) is 0. The third kappa shape index (κ3) is 5.53. The summed E-state index contributed by atoms with van der Waals surface area (Å²) in [6, 6.07) is 21.2. The van der Waals surface area contributed by atoms with Crippen LogP contribution >= 0.6 is 34.7 Å². The summed E-state index contributed by atoms with van der Waals surface area (Å²) in [5, 5.41) is 13.4. The molecule has 0 radical (unpaired) electrons. The molecule has 182 valence electrons. The molecule has 0 saturated heterocycles. The van der Waals surface area contributed by atoms with Gasteiger partial charge in [-0.15, -0.1) is 21.5 Å². The number of rotatable bonds is 8. The number of nitrogens with one attached hydrogen (secondary N) is 1. The van der Waals surface area contributed by atoms with Crippen LogP contribution in [0.5, 0.6) is 5.75 Å². The van der Waals surface area contributed by atoms with Gasteiger partial charge in [-0.2, -0.15) is 0 Å². The topological polar surface area (TPSA) is 81.9 Å². The molecule has 5 aromatic rings. The highest BCUT2D eigenvalue weighted by Crippen LogP contribution is 2.31. The molecule has 0 atom stereocenters. The normalized spacial score (nSPS) is 11.1. The maximum Gasteiger partial charge on any atom is 0.234 e. The van der Waals surface area contributed by atoms with Gasteiger partial charge in [0.05, 0.1) is 21.0 Å². The third-order valence-electron chi connectivity index (χ3n) is 5.41. The van der Waals surface area contributed by atoms with Crippen molar-refractivity contribution in [1.29, 1.82) is 0 Å². The molecular formula is C26H22ClN5O2S2. The molecule has 1 N–H and O–H groups in total. The lowest BCUT2D eigenvalue weighted by Gasteiger charge is -2.08. The van der Waals surface area contributed by atoms with Crippen LogP contribution in [0.25, 0.3) is 20.8 Å². The van der Waals surface area contributed by atoms with Crippen LogP contribution in [0.1, 0.15) is 11.4 Å². The molecule has 0 aliphatic heterocycles. The summed E-state index contributed by atoms with van der Waals surface area (Å²) in [5.41, 5.74) is 3.97. The van der Waals surface area contributed by atoms with E-state index in [4.69, 9.17) is 21.3 Å². The quantitative estimate of drug-likeness (QED) is 0.233.